The van der Waals surface area contributed by atoms with Crippen LogP contribution in [0.25, 0.3) is 0 Å². The van der Waals surface area contributed by atoms with Gasteiger partial charge in [-0.1, -0.05) is 6.58 Å². The first-order valence-corrected chi connectivity index (χ1v) is 3.42. The Morgan fingerprint density at radius 2 is 2.08 bits per heavy atom. The predicted octanol–water partition coefficient (Wildman–Crippen LogP) is 0.0912. The van der Waals surface area contributed by atoms with Gasteiger partial charge in [0.1, 0.15) is 0 Å². The highest BCUT2D eigenvalue weighted by atomic mass is 16.4. The summed E-state index contributed by atoms with van der Waals surface area (Å²) in [6.45, 7) is 3.46. The molecule has 0 saturated heterocycles. The van der Waals surface area contributed by atoms with E-state index in [0.29, 0.717) is 5.57 Å². The molecule has 0 radical (unpaired) electrons. The van der Waals surface area contributed by atoms with Crippen LogP contribution in [0.1, 0.15) is 0 Å². The van der Waals surface area contributed by atoms with Crippen LogP contribution in [0.15, 0.2) is 28.8 Å². The molecule has 1 unspecified atom stereocenters. The van der Waals surface area contributed by atoms with Crippen LogP contribution in [0, 0.1) is 0 Å². The van der Waals surface area contributed by atoms with Crippen LogP contribution in [-0.4, -0.2) is 34.4 Å². The van der Waals surface area contributed by atoms with Gasteiger partial charge in [0.2, 0.25) is 0 Å². The topological polar surface area (TPSA) is 87.0 Å². The van der Waals surface area contributed by atoms with Crippen molar-refractivity contribution in [3.05, 3.63) is 23.8 Å². The van der Waals surface area contributed by atoms with Gasteiger partial charge in [0.05, 0.1) is 5.57 Å². The summed E-state index contributed by atoms with van der Waals surface area (Å²) in [5.74, 6) is -2.57. The Labute approximate surface area is 73.7 Å². The number of hydrogen-bond donors (Lipinski definition) is 2. The van der Waals surface area contributed by atoms with Gasteiger partial charge in [-0.3, -0.25) is 4.99 Å². The fraction of sp³-hybridized carbons (Fsp3) is 0.125. The van der Waals surface area contributed by atoms with Crippen LogP contribution in [0.2, 0.25) is 0 Å². The van der Waals surface area contributed by atoms with Crippen LogP contribution in [-0.2, 0) is 9.59 Å². The molecule has 0 aliphatic carbocycles. The highest BCUT2D eigenvalue weighted by molar-refractivity contribution is 6.01. The molecule has 0 fully saturated rings. The zero-order chi connectivity index (χ0) is 10.0. The minimum Gasteiger partial charge on any atom is -0.479 e. The molecule has 1 rings (SSSR count). The van der Waals surface area contributed by atoms with Crippen LogP contribution in [0.3, 0.4) is 0 Å². The van der Waals surface area contributed by atoms with Crippen LogP contribution < -0.4 is 0 Å². The standard InChI is InChI=1S/C8H7NO4/c1-4-2-5(7(10)11)6(8(12)13)9-3-4/h2-3,6H,1H2,(H,10,11)(H,12,13). The van der Waals surface area contributed by atoms with Crippen LogP contribution in [0.5, 0.6) is 0 Å². The van der Waals surface area contributed by atoms with Crippen LogP contribution >= 0.6 is 0 Å². The third kappa shape index (κ3) is 1.81. The van der Waals surface area contributed by atoms with E-state index in [9.17, 15) is 9.59 Å². The maximum atomic E-state index is 10.6. The molecule has 0 aromatic rings. The Bertz CT molecular complexity index is 340. The van der Waals surface area contributed by atoms with E-state index in [1.165, 1.54) is 12.3 Å². The first-order chi connectivity index (χ1) is 6.02. The lowest BCUT2D eigenvalue weighted by atomic mass is 10.0. The summed E-state index contributed by atoms with van der Waals surface area (Å²) in [6, 6.07) is -1.32. The molecule has 13 heavy (non-hydrogen) atoms. The number of carboxylic acids is 2. The monoisotopic (exact) mass is 181 g/mol. The first-order valence-electron chi connectivity index (χ1n) is 3.42. The van der Waals surface area contributed by atoms with Gasteiger partial charge in [-0.05, 0) is 11.6 Å². The number of dihydropyridines is 1. The average Bonchev–Trinajstić information content (AvgIpc) is 2.03. The van der Waals surface area contributed by atoms with Crippen molar-refractivity contribution in [3.63, 3.8) is 0 Å². The normalized spacial score (nSPS) is 21.1. The Hall–Kier alpha value is -1.91. The number of aliphatic imine (C=N–C) groups is 1. The van der Waals surface area contributed by atoms with E-state index in [1.54, 1.807) is 0 Å². The molecule has 1 heterocycles. The average molecular weight is 181 g/mol. The van der Waals surface area contributed by atoms with Gasteiger partial charge < -0.3 is 10.2 Å². The molecule has 0 saturated carbocycles. The SMILES string of the molecule is C=C1C=NC(C(=O)O)C(C(=O)O)=C1. The molecule has 0 amide bonds. The zero-order valence-corrected chi connectivity index (χ0v) is 6.60. The van der Waals surface area contributed by atoms with Gasteiger partial charge in [0.25, 0.3) is 0 Å². The first kappa shape index (κ1) is 9.18. The molecule has 1 aliphatic heterocycles. The van der Waals surface area contributed by atoms with Gasteiger partial charge in [-0.25, -0.2) is 9.59 Å². The summed E-state index contributed by atoms with van der Waals surface area (Å²) in [7, 11) is 0. The number of allylic oxidation sites excluding steroid dienone is 2. The van der Waals surface area contributed by atoms with E-state index in [1.807, 2.05) is 0 Å². The Morgan fingerprint density at radius 3 is 2.54 bits per heavy atom. The molecule has 1 atom stereocenters. The molecular formula is C8H7NO4. The van der Waals surface area contributed by atoms with E-state index >= 15 is 0 Å². The molecule has 0 aromatic carbocycles. The highest BCUT2D eigenvalue weighted by Crippen LogP contribution is 2.14. The number of carbonyl (C=O) groups is 2. The summed E-state index contributed by atoms with van der Waals surface area (Å²) >= 11 is 0. The minimum atomic E-state index is -1.32. The van der Waals surface area contributed by atoms with Crippen molar-refractivity contribution in [2.45, 2.75) is 6.04 Å². The second-order valence-corrected chi connectivity index (χ2v) is 2.50. The zero-order valence-electron chi connectivity index (χ0n) is 6.60. The summed E-state index contributed by atoms with van der Waals surface area (Å²) in [4.78, 5) is 24.6. The molecule has 5 heteroatoms. The lowest BCUT2D eigenvalue weighted by Gasteiger charge is -2.12. The number of aliphatic carboxylic acids is 2. The van der Waals surface area contributed by atoms with Gasteiger partial charge in [0.15, 0.2) is 6.04 Å². The number of rotatable bonds is 2. The molecule has 2 N–H and O–H groups in total. The van der Waals surface area contributed by atoms with E-state index in [4.69, 9.17) is 10.2 Å². The molecule has 0 aromatic heterocycles. The Balaban J connectivity index is 3.05. The molecular weight excluding hydrogens is 174 g/mol. The van der Waals surface area contributed by atoms with Crippen molar-refractivity contribution in [2.75, 3.05) is 0 Å². The molecule has 1 aliphatic rings. The van der Waals surface area contributed by atoms with E-state index in [2.05, 4.69) is 11.6 Å². The summed E-state index contributed by atoms with van der Waals surface area (Å²) < 4.78 is 0. The number of hydrogen-bond acceptors (Lipinski definition) is 3. The summed E-state index contributed by atoms with van der Waals surface area (Å²) in [6.07, 6.45) is 2.44. The lowest BCUT2D eigenvalue weighted by Crippen LogP contribution is -2.27. The lowest BCUT2D eigenvalue weighted by molar-refractivity contribution is -0.140. The fourth-order valence-electron chi connectivity index (χ4n) is 0.942. The molecule has 0 spiro atoms. The Morgan fingerprint density at radius 1 is 1.46 bits per heavy atom. The Kier molecular flexibility index (Phi) is 2.27. The van der Waals surface area contributed by atoms with E-state index in [0.717, 1.165) is 0 Å². The molecule has 68 valence electrons. The smallest absolute Gasteiger partial charge is 0.334 e. The van der Waals surface area contributed by atoms with E-state index in [-0.39, 0.29) is 5.57 Å². The van der Waals surface area contributed by atoms with Gasteiger partial charge in [-0.15, -0.1) is 0 Å². The highest BCUT2D eigenvalue weighted by Gasteiger charge is 2.28. The van der Waals surface area contributed by atoms with Crippen molar-refractivity contribution >= 4 is 18.2 Å². The fourth-order valence-corrected chi connectivity index (χ4v) is 0.942. The predicted molar refractivity (Wildman–Crippen MR) is 44.8 cm³/mol. The largest absolute Gasteiger partial charge is 0.479 e. The third-order valence-corrected chi connectivity index (χ3v) is 1.51. The minimum absolute atomic E-state index is 0.264. The van der Waals surface area contributed by atoms with Crippen molar-refractivity contribution in [2.24, 2.45) is 4.99 Å². The van der Waals surface area contributed by atoms with Gasteiger partial charge in [0, 0.05) is 6.21 Å². The van der Waals surface area contributed by atoms with Crippen molar-refractivity contribution in [1.82, 2.24) is 0 Å². The van der Waals surface area contributed by atoms with Gasteiger partial charge in [-0.2, -0.15) is 0 Å². The van der Waals surface area contributed by atoms with Crippen molar-refractivity contribution in [3.8, 4) is 0 Å². The number of nitrogens with zero attached hydrogens (tertiary/aromatic N) is 1. The molecule has 5 nitrogen and oxygen atoms in total. The van der Waals surface area contributed by atoms with Gasteiger partial charge >= 0.3 is 11.9 Å². The van der Waals surface area contributed by atoms with Crippen LogP contribution in [0.4, 0.5) is 0 Å². The second-order valence-electron chi connectivity index (χ2n) is 2.50. The quantitative estimate of drug-likeness (QED) is 0.632. The third-order valence-electron chi connectivity index (χ3n) is 1.51. The maximum Gasteiger partial charge on any atom is 0.334 e. The van der Waals surface area contributed by atoms with Crippen molar-refractivity contribution in [1.29, 1.82) is 0 Å². The van der Waals surface area contributed by atoms with Crippen molar-refractivity contribution < 1.29 is 19.8 Å². The number of carboxylic acid groups (broad SMARTS) is 2. The van der Waals surface area contributed by atoms with E-state index < -0.39 is 18.0 Å². The summed E-state index contributed by atoms with van der Waals surface area (Å²) in [5.41, 5.74) is 0.120. The maximum absolute atomic E-state index is 10.6. The second kappa shape index (κ2) is 3.22. The molecule has 0 bridgehead atoms. The summed E-state index contributed by atoms with van der Waals surface area (Å²) in [5, 5.41) is 17.2.